The summed E-state index contributed by atoms with van der Waals surface area (Å²) in [4.78, 5) is 40.7. The highest BCUT2D eigenvalue weighted by atomic mass is 16.2. The molecule has 1 aromatic rings. The maximum atomic E-state index is 11.9. The van der Waals surface area contributed by atoms with Gasteiger partial charge in [-0.15, -0.1) is 0 Å². The highest BCUT2D eigenvalue weighted by Gasteiger charge is 2.40. The number of hydrogen-bond acceptors (Lipinski definition) is 6. The lowest BCUT2D eigenvalue weighted by atomic mass is 9.98. The highest BCUT2D eigenvalue weighted by Crippen LogP contribution is 2.20. The zero-order valence-electron chi connectivity index (χ0n) is 11.8. The molecular weight excluding hydrogens is 274 g/mol. The van der Waals surface area contributed by atoms with Crippen molar-refractivity contribution < 1.29 is 14.4 Å². The van der Waals surface area contributed by atoms with Gasteiger partial charge in [-0.05, 0) is 26.0 Å². The van der Waals surface area contributed by atoms with Crippen molar-refractivity contribution in [3.63, 3.8) is 0 Å². The molecule has 0 bridgehead atoms. The third-order valence-electron chi connectivity index (χ3n) is 3.46. The molecule has 0 atom stereocenters. The second-order valence-corrected chi connectivity index (χ2v) is 5.28. The lowest BCUT2D eigenvalue weighted by Gasteiger charge is -2.39. The van der Waals surface area contributed by atoms with Gasteiger partial charge in [-0.2, -0.15) is 0 Å². The predicted octanol–water partition coefficient (Wildman–Crippen LogP) is -1.08. The number of piperazine rings is 1. The lowest BCUT2D eigenvalue weighted by molar-refractivity contribution is -0.145. The molecule has 0 saturated carbocycles. The number of aromatic nitrogens is 1. The largest absolute Gasteiger partial charge is 0.294 e. The van der Waals surface area contributed by atoms with Crippen LogP contribution in [-0.4, -0.2) is 39.7 Å². The van der Waals surface area contributed by atoms with Crippen LogP contribution >= 0.6 is 0 Å². The van der Waals surface area contributed by atoms with Crippen LogP contribution in [-0.2, 0) is 16.1 Å². The van der Waals surface area contributed by atoms with E-state index in [9.17, 15) is 14.4 Å². The van der Waals surface area contributed by atoms with Crippen molar-refractivity contribution in [1.29, 1.82) is 0 Å². The number of pyridine rings is 1. The maximum absolute atomic E-state index is 11.9. The molecule has 2 rings (SSSR count). The molecule has 0 unspecified atom stereocenters. The van der Waals surface area contributed by atoms with Gasteiger partial charge in [0.25, 0.3) is 5.91 Å². The van der Waals surface area contributed by atoms with E-state index in [2.05, 4.69) is 10.3 Å². The van der Waals surface area contributed by atoms with Gasteiger partial charge in [0.1, 0.15) is 5.69 Å². The van der Waals surface area contributed by atoms with Crippen molar-refractivity contribution in [2.24, 2.45) is 5.84 Å². The maximum Gasteiger partial charge on any atom is 0.283 e. The van der Waals surface area contributed by atoms with Gasteiger partial charge in [0.15, 0.2) is 0 Å². The van der Waals surface area contributed by atoms with Gasteiger partial charge in [-0.25, -0.2) is 10.8 Å². The number of hydrogen-bond donors (Lipinski definition) is 3. The van der Waals surface area contributed by atoms with E-state index in [1.165, 1.54) is 6.07 Å². The van der Waals surface area contributed by atoms with Crippen LogP contribution in [0.2, 0.25) is 0 Å². The summed E-state index contributed by atoms with van der Waals surface area (Å²) >= 11 is 0. The second-order valence-electron chi connectivity index (χ2n) is 5.28. The summed E-state index contributed by atoms with van der Waals surface area (Å²) in [5, 5.41) is 2.30. The van der Waals surface area contributed by atoms with Crippen LogP contribution < -0.4 is 16.6 Å². The summed E-state index contributed by atoms with van der Waals surface area (Å²) < 4.78 is 0. The molecule has 1 fully saturated rings. The minimum Gasteiger partial charge on any atom is -0.294 e. The Bertz CT molecular complexity index is 599. The SMILES string of the molecule is CC1(C)C(=O)NC(=O)CN1Cc1cccc(C(=O)NN)n1. The molecule has 0 radical (unpaired) electrons. The van der Waals surface area contributed by atoms with Crippen molar-refractivity contribution >= 4 is 17.7 Å². The van der Waals surface area contributed by atoms with Crippen LogP contribution in [0.15, 0.2) is 18.2 Å². The molecular formula is C13H17N5O3. The fourth-order valence-corrected chi connectivity index (χ4v) is 2.05. The van der Waals surface area contributed by atoms with Crippen molar-refractivity contribution in [2.45, 2.75) is 25.9 Å². The summed E-state index contributed by atoms with van der Waals surface area (Å²) in [5.74, 6) is 3.87. The van der Waals surface area contributed by atoms with Crippen molar-refractivity contribution in [3.8, 4) is 0 Å². The van der Waals surface area contributed by atoms with Gasteiger partial charge in [0, 0.05) is 6.54 Å². The Morgan fingerprint density at radius 2 is 2.19 bits per heavy atom. The molecule has 4 N–H and O–H groups in total. The molecule has 2 heterocycles. The number of imide groups is 1. The molecule has 1 aliphatic rings. The third kappa shape index (κ3) is 3.06. The fourth-order valence-electron chi connectivity index (χ4n) is 2.05. The first-order valence-electron chi connectivity index (χ1n) is 6.41. The normalized spacial score (nSPS) is 18.2. The number of rotatable bonds is 3. The minimum absolute atomic E-state index is 0.0910. The van der Waals surface area contributed by atoms with E-state index in [1.54, 1.807) is 30.9 Å². The van der Waals surface area contributed by atoms with E-state index in [0.717, 1.165) is 0 Å². The minimum atomic E-state index is -0.832. The summed E-state index contributed by atoms with van der Waals surface area (Å²) in [6.07, 6.45) is 0. The number of amides is 3. The first kappa shape index (κ1) is 15.1. The van der Waals surface area contributed by atoms with Gasteiger partial charge in [0.05, 0.1) is 17.8 Å². The molecule has 8 nitrogen and oxygen atoms in total. The Kier molecular flexibility index (Phi) is 4.01. The molecule has 3 amide bonds. The molecule has 8 heteroatoms. The quantitative estimate of drug-likeness (QED) is 0.282. The molecule has 112 valence electrons. The molecule has 0 aliphatic carbocycles. The Hall–Kier alpha value is -2.32. The summed E-state index contributed by atoms with van der Waals surface area (Å²) in [6, 6.07) is 4.93. The van der Waals surface area contributed by atoms with Crippen LogP contribution in [0.4, 0.5) is 0 Å². The fraction of sp³-hybridized carbons (Fsp3) is 0.385. The first-order chi connectivity index (χ1) is 9.84. The monoisotopic (exact) mass is 291 g/mol. The van der Waals surface area contributed by atoms with E-state index >= 15 is 0 Å². The van der Waals surface area contributed by atoms with Gasteiger partial charge < -0.3 is 0 Å². The van der Waals surface area contributed by atoms with Gasteiger partial charge >= 0.3 is 0 Å². The van der Waals surface area contributed by atoms with Crippen LogP contribution in [0.5, 0.6) is 0 Å². The zero-order valence-corrected chi connectivity index (χ0v) is 11.8. The van der Waals surface area contributed by atoms with Crippen LogP contribution in [0.25, 0.3) is 0 Å². The van der Waals surface area contributed by atoms with Gasteiger partial charge in [0.2, 0.25) is 11.8 Å². The number of hydrazine groups is 1. The van der Waals surface area contributed by atoms with Crippen LogP contribution in [0, 0.1) is 0 Å². The average Bonchev–Trinajstić information content (AvgIpc) is 2.44. The average molecular weight is 291 g/mol. The Morgan fingerprint density at radius 3 is 2.86 bits per heavy atom. The molecule has 0 spiro atoms. The van der Waals surface area contributed by atoms with Crippen molar-refractivity contribution in [2.75, 3.05) is 6.54 Å². The Balaban J connectivity index is 2.22. The summed E-state index contributed by atoms with van der Waals surface area (Å²) in [7, 11) is 0. The smallest absolute Gasteiger partial charge is 0.283 e. The molecule has 1 saturated heterocycles. The highest BCUT2D eigenvalue weighted by molar-refractivity contribution is 6.02. The third-order valence-corrected chi connectivity index (χ3v) is 3.46. The van der Waals surface area contributed by atoms with Crippen molar-refractivity contribution in [3.05, 3.63) is 29.6 Å². The predicted molar refractivity (Wildman–Crippen MR) is 73.5 cm³/mol. The second kappa shape index (κ2) is 5.58. The van der Waals surface area contributed by atoms with Gasteiger partial charge in [-0.1, -0.05) is 6.07 Å². The van der Waals surface area contributed by atoms with Crippen LogP contribution in [0.3, 0.4) is 0 Å². The first-order valence-corrected chi connectivity index (χ1v) is 6.41. The number of nitrogens with one attached hydrogen (secondary N) is 2. The number of carbonyl (C=O) groups excluding carboxylic acids is 3. The lowest BCUT2D eigenvalue weighted by Crippen LogP contribution is -2.63. The zero-order chi connectivity index (χ0) is 15.6. The molecule has 0 aromatic carbocycles. The Morgan fingerprint density at radius 1 is 1.48 bits per heavy atom. The number of nitrogens with zero attached hydrogens (tertiary/aromatic N) is 2. The number of nitrogens with two attached hydrogens (primary N) is 1. The summed E-state index contributed by atoms with van der Waals surface area (Å²) in [5.41, 5.74) is 1.93. The standard InChI is InChI=1S/C13H17N5O3/c1-13(2)12(21)16-10(19)7-18(13)6-8-4-3-5-9(15-8)11(20)17-14/h3-5H,6-7,14H2,1-2H3,(H,17,20)(H,16,19,21). The van der Waals surface area contributed by atoms with E-state index in [1.807, 2.05) is 5.43 Å². The van der Waals surface area contributed by atoms with E-state index in [-0.39, 0.29) is 30.6 Å². The van der Waals surface area contributed by atoms with Gasteiger partial charge in [-0.3, -0.25) is 30.0 Å². The molecule has 1 aliphatic heterocycles. The molecule has 21 heavy (non-hydrogen) atoms. The Labute approximate surface area is 121 Å². The number of nitrogen functional groups attached to an aromatic ring is 1. The van der Waals surface area contributed by atoms with E-state index in [0.29, 0.717) is 5.69 Å². The molecule has 1 aromatic heterocycles. The topological polar surface area (TPSA) is 117 Å². The summed E-state index contributed by atoms with van der Waals surface area (Å²) in [6.45, 7) is 3.82. The van der Waals surface area contributed by atoms with Crippen molar-refractivity contribution in [1.82, 2.24) is 20.6 Å². The van der Waals surface area contributed by atoms with E-state index in [4.69, 9.17) is 5.84 Å². The van der Waals surface area contributed by atoms with Crippen LogP contribution in [0.1, 0.15) is 30.0 Å². The van der Waals surface area contributed by atoms with E-state index < -0.39 is 11.4 Å². The number of carbonyl (C=O) groups is 3.